The van der Waals surface area contributed by atoms with E-state index in [-0.39, 0.29) is 5.75 Å². The molecule has 7 heteroatoms. The highest BCUT2D eigenvalue weighted by atomic mass is 32.2. The van der Waals surface area contributed by atoms with Crippen LogP contribution in [0.2, 0.25) is 0 Å². The SMILES string of the molecule is Cc1cc(CS(=O)(=O)NCCCNC2CC2)no1. The summed E-state index contributed by atoms with van der Waals surface area (Å²) >= 11 is 0. The molecule has 0 amide bonds. The summed E-state index contributed by atoms with van der Waals surface area (Å²) in [6.45, 7) is 3.05. The van der Waals surface area contributed by atoms with Crippen LogP contribution in [0.3, 0.4) is 0 Å². The maximum Gasteiger partial charge on any atom is 0.217 e. The van der Waals surface area contributed by atoms with Crippen molar-refractivity contribution in [3.05, 3.63) is 17.5 Å². The number of hydrogen-bond donors (Lipinski definition) is 2. The van der Waals surface area contributed by atoms with Gasteiger partial charge in [0.15, 0.2) is 0 Å². The highest BCUT2D eigenvalue weighted by Crippen LogP contribution is 2.18. The minimum atomic E-state index is -3.31. The van der Waals surface area contributed by atoms with Gasteiger partial charge in [-0.3, -0.25) is 0 Å². The lowest BCUT2D eigenvalue weighted by Crippen LogP contribution is -2.29. The van der Waals surface area contributed by atoms with Gasteiger partial charge in [0.05, 0.1) is 0 Å². The van der Waals surface area contributed by atoms with Crippen molar-refractivity contribution in [2.75, 3.05) is 13.1 Å². The first-order valence-electron chi connectivity index (χ1n) is 6.18. The smallest absolute Gasteiger partial charge is 0.217 e. The fourth-order valence-corrected chi connectivity index (χ4v) is 2.72. The minimum Gasteiger partial charge on any atom is -0.361 e. The van der Waals surface area contributed by atoms with Gasteiger partial charge in [-0.15, -0.1) is 0 Å². The van der Waals surface area contributed by atoms with Crippen molar-refractivity contribution in [2.24, 2.45) is 0 Å². The molecule has 0 spiro atoms. The molecule has 2 rings (SSSR count). The van der Waals surface area contributed by atoms with Crippen LogP contribution in [0.15, 0.2) is 10.6 Å². The van der Waals surface area contributed by atoms with Gasteiger partial charge in [-0.1, -0.05) is 5.16 Å². The predicted octanol–water partition coefficient (Wildman–Crippen LogP) is 0.545. The molecular weight excluding hydrogens is 254 g/mol. The van der Waals surface area contributed by atoms with Crippen LogP contribution in [0.1, 0.15) is 30.7 Å². The van der Waals surface area contributed by atoms with Crippen LogP contribution < -0.4 is 10.0 Å². The van der Waals surface area contributed by atoms with E-state index in [0.29, 0.717) is 24.0 Å². The summed E-state index contributed by atoms with van der Waals surface area (Å²) < 4.78 is 30.8. The summed E-state index contributed by atoms with van der Waals surface area (Å²) in [6, 6.07) is 2.30. The molecule has 0 aromatic carbocycles. The Labute approximate surface area is 107 Å². The number of hydrogen-bond acceptors (Lipinski definition) is 5. The van der Waals surface area contributed by atoms with Gasteiger partial charge in [0.25, 0.3) is 0 Å². The number of aromatic nitrogens is 1. The zero-order chi connectivity index (χ0) is 13.0. The molecule has 2 N–H and O–H groups in total. The van der Waals surface area contributed by atoms with Crippen LogP contribution in [-0.4, -0.2) is 32.7 Å². The molecular formula is C11H19N3O3S. The Hall–Kier alpha value is -0.920. The lowest BCUT2D eigenvalue weighted by atomic mass is 10.4. The average Bonchev–Trinajstić information content (AvgIpc) is 3.02. The molecule has 1 aromatic heterocycles. The lowest BCUT2D eigenvalue weighted by molar-refractivity contribution is 0.392. The van der Waals surface area contributed by atoms with Crippen LogP contribution >= 0.6 is 0 Å². The fourth-order valence-electron chi connectivity index (χ4n) is 1.64. The third kappa shape index (κ3) is 4.75. The second-order valence-electron chi connectivity index (χ2n) is 4.66. The maximum absolute atomic E-state index is 11.7. The quantitative estimate of drug-likeness (QED) is 0.676. The summed E-state index contributed by atoms with van der Waals surface area (Å²) in [7, 11) is -3.31. The van der Waals surface area contributed by atoms with Crippen molar-refractivity contribution in [2.45, 2.75) is 38.0 Å². The molecule has 1 aliphatic carbocycles. The molecule has 18 heavy (non-hydrogen) atoms. The highest BCUT2D eigenvalue weighted by Gasteiger charge is 2.19. The molecule has 1 fully saturated rings. The number of aryl methyl sites for hydroxylation is 1. The normalized spacial score (nSPS) is 16.1. The van der Waals surface area contributed by atoms with E-state index in [4.69, 9.17) is 4.52 Å². The summed E-state index contributed by atoms with van der Waals surface area (Å²) in [5.41, 5.74) is 0.441. The molecule has 0 unspecified atom stereocenters. The van der Waals surface area contributed by atoms with Crippen molar-refractivity contribution in [1.82, 2.24) is 15.2 Å². The molecule has 0 atom stereocenters. The van der Waals surface area contributed by atoms with Gasteiger partial charge in [0.1, 0.15) is 17.2 Å². The Balaban J connectivity index is 1.66. The number of sulfonamides is 1. The molecule has 0 aliphatic heterocycles. The third-order valence-electron chi connectivity index (χ3n) is 2.70. The van der Waals surface area contributed by atoms with Crippen LogP contribution in [-0.2, 0) is 15.8 Å². The zero-order valence-electron chi connectivity index (χ0n) is 10.5. The molecule has 1 aromatic rings. The lowest BCUT2D eigenvalue weighted by Gasteiger charge is -2.05. The number of nitrogens with one attached hydrogen (secondary N) is 2. The second kappa shape index (κ2) is 5.81. The van der Waals surface area contributed by atoms with E-state index in [2.05, 4.69) is 15.2 Å². The summed E-state index contributed by atoms with van der Waals surface area (Å²) in [5.74, 6) is 0.495. The van der Waals surface area contributed by atoms with Gasteiger partial charge in [0.2, 0.25) is 10.0 Å². The second-order valence-corrected chi connectivity index (χ2v) is 6.47. The van der Waals surface area contributed by atoms with Crippen molar-refractivity contribution in [3.8, 4) is 0 Å². The first-order valence-corrected chi connectivity index (χ1v) is 7.83. The molecule has 102 valence electrons. The van der Waals surface area contributed by atoms with E-state index in [9.17, 15) is 8.42 Å². The average molecular weight is 273 g/mol. The van der Waals surface area contributed by atoms with E-state index in [1.165, 1.54) is 12.8 Å². The first-order chi connectivity index (χ1) is 8.55. The number of rotatable bonds is 8. The standard InChI is InChI=1S/C11H19N3O3S/c1-9-7-11(14-17-9)8-18(15,16)13-6-2-5-12-10-3-4-10/h7,10,12-13H,2-6,8H2,1H3. The first kappa shape index (κ1) is 13.5. The van der Waals surface area contributed by atoms with E-state index >= 15 is 0 Å². The van der Waals surface area contributed by atoms with E-state index in [0.717, 1.165) is 13.0 Å². The predicted molar refractivity (Wildman–Crippen MR) is 67.5 cm³/mol. The van der Waals surface area contributed by atoms with E-state index in [1.54, 1.807) is 13.0 Å². The monoisotopic (exact) mass is 273 g/mol. The Morgan fingerprint density at radius 1 is 1.44 bits per heavy atom. The van der Waals surface area contributed by atoms with Gasteiger partial charge in [-0.05, 0) is 32.7 Å². The highest BCUT2D eigenvalue weighted by molar-refractivity contribution is 7.88. The molecule has 1 aliphatic rings. The van der Waals surface area contributed by atoms with Crippen molar-refractivity contribution in [1.29, 1.82) is 0 Å². The molecule has 0 saturated heterocycles. The fraction of sp³-hybridized carbons (Fsp3) is 0.727. The van der Waals surface area contributed by atoms with Crippen LogP contribution in [0.4, 0.5) is 0 Å². The van der Waals surface area contributed by atoms with Crippen LogP contribution in [0.25, 0.3) is 0 Å². The molecule has 0 bridgehead atoms. The third-order valence-corrected chi connectivity index (χ3v) is 4.02. The molecule has 6 nitrogen and oxygen atoms in total. The van der Waals surface area contributed by atoms with Gasteiger partial charge in [0, 0.05) is 18.7 Å². The maximum atomic E-state index is 11.7. The van der Waals surface area contributed by atoms with Crippen molar-refractivity contribution >= 4 is 10.0 Å². The van der Waals surface area contributed by atoms with Gasteiger partial charge >= 0.3 is 0 Å². The Morgan fingerprint density at radius 3 is 2.83 bits per heavy atom. The topological polar surface area (TPSA) is 84.2 Å². The zero-order valence-corrected chi connectivity index (χ0v) is 11.3. The van der Waals surface area contributed by atoms with Crippen molar-refractivity contribution < 1.29 is 12.9 Å². The van der Waals surface area contributed by atoms with E-state index < -0.39 is 10.0 Å². The Morgan fingerprint density at radius 2 is 2.22 bits per heavy atom. The number of nitrogens with zero attached hydrogens (tertiary/aromatic N) is 1. The summed E-state index contributed by atoms with van der Waals surface area (Å²) in [5, 5.41) is 7.00. The van der Waals surface area contributed by atoms with E-state index in [1.807, 2.05) is 0 Å². The van der Waals surface area contributed by atoms with Gasteiger partial charge in [-0.2, -0.15) is 0 Å². The Kier molecular flexibility index (Phi) is 4.36. The molecule has 1 heterocycles. The Bertz CT molecular complexity index is 479. The molecule has 1 saturated carbocycles. The summed E-state index contributed by atoms with van der Waals surface area (Å²) in [6.07, 6.45) is 3.29. The minimum absolute atomic E-state index is 0.125. The van der Waals surface area contributed by atoms with Crippen LogP contribution in [0, 0.1) is 6.92 Å². The largest absolute Gasteiger partial charge is 0.361 e. The summed E-state index contributed by atoms with van der Waals surface area (Å²) in [4.78, 5) is 0. The van der Waals surface area contributed by atoms with Gasteiger partial charge < -0.3 is 9.84 Å². The van der Waals surface area contributed by atoms with Crippen molar-refractivity contribution in [3.63, 3.8) is 0 Å². The molecule has 0 radical (unpaired) electrons. The van der Waals surface area contributed by atoms with Gasteiger partial charge in [-0.25, -0.2) is 13.1 Å². The van der Waals surface area contributed by atoms with Crippen LogP contribution in [0.5, 0.6) is 0 Å².